The molecule has 0 N–H and O–H groups in total. The molecule has 1 aromatic heterocycles. The van der Waals surface area contributed by atoms with Crippen molar-refractivity contribution in [2.45, 2.75) is 13.0 Å². The Morgan fingerprint density at radius 2 is 2.32 bits per heavy atom. The maximum atomic E-state index is 9.32. The number of aromatic nitrogens is 2. The average molecular weight is 339 g/mol. The number of benzene rings is 1. The molecule has 0 atom stereocenters. The van der Waals surface area contributed by atoms with Crippen LogP contribution >= 0.6 is 27.5 Å². The minimum Gasteiger partial charge on any atom is -0.493 e. The van der Waals surface area contributed by atoms with Crippen LogP contribution < -0.4 is 4.74 Å². The van der Waals surface area contributed by atoms with Crippen LogP contribution in [-0.2, 0) is 6.54 Å². The summed E-state index contributed by atoms with van der Waals surface area (Å²) >= 11 is 9.51. The molecule has 6 heteroatoms. The Hall–Kier alpha value is -1.51. The van der Waals surface area contributed by atoms with Crippen molar-refractivity contribution >= 4 is 27.5 Å². The average Bonchev–Trinajstić information content (AvgIpc) is 2.72. The van der Waals surface area contributed by atoms with Gasteiger partial charge in [0, 0.05) is 18.0 Å². The van der Waals surface area contributed by atoms with Gasteiger partial charge in [0.2, 0.25) is 0 Å². The van der Waals surface area contributed by atoms with Crippen molar-refractivity contribution in [3.8, 4) is 23.1 Å². The fourth-order valence-corrected chi connectivity index (χ4v) is 2.91. The second kappa shape index (κ2) is 4.87. The molecule has 1 aromatic carbocycles. The molecule has 0 saturated carbocycles. The van der Waals surface area contributed by atoms with E-state index >= 15 is 0 Å². The summed E-state index contributed by atoms with van der Waals surface area (Å²) in [5, 5.41) is 14.1. The van der Waals surface area contributed by atoms with E-state index in [-0.39, 0.29) is 0 Å². The van der Waals surface area contributed by atoms with Crippen molar-refractivity contribution in [3.05, 3.63) is 33.4 Å². The highest BCUT2D eigenvalue weighted by Crippen LogP contribution is 2.40. The van der Waals surface area contributed by atoms with Gasteiger partial charge < -0.3 is 4.74 Å². The van der Waals surface area contributed by atoms with Crippen molar-refractivity contribution in [1.82, 2.24) is 9.78 Å². The van der Waals surface area contributed by atoms with Gasteiger partial charge in [-0.3, -0.25) is 4.68 Å². The summed E-state index contributed by atoms with van der Waals surface area (Å²) in [6.07, 6.45) is 2.59. The second-order valence-electron chi connectivity index (χ2n) is 4.20. The van der Waals surface area contributed by atoms with Crippen LogP contribution in [0, 0.1) is 11.3 Å². The lowest BCUT2D eigenvalue weighted by atomic mass is 10.0. The van der Waals surface area contributed by atoms with Gasteiger partial charge in [-0.1, -0.05) is 11.6 Å². The van der Waals surface area contributed by atoms with Crippen LogP contribution in [0.1, 0.15) is 12.0 Å². The van der Waals surface area contributed by atoms with Crippen LogP contribution in [0.15, 0.2) is 22.8 Å². The van der Waals surface area contributed by atoms with E-state index in [4.69, 9.17) is 16.3 Å². The lowest BCUT2D eigenvalue weighted by molar-refractivity contribution is 0.295. The third kappa shape index (κ3) is 2.11. The van der Waals surface area contributed by atoms with Crippen LogP contribution in [0.2, 0.25) is 5.02 Å². The second-order valence-corrected chi connectivity index (χ2v) is 5.50. The predicted octanol–water partition coefficient (Wildman–Crippen LogP) is 3.62. The first-order chi connectivity index (χ1) is 9.20. The summed E-state index contributed by atoms with van der Waals surface area (Å²) < 4.78 is 8.47. The molecule has 4 nitrogen and oxygen atoms in total. The summed E-state index contributed by atoms with van der Waals surface area (Å²) in [4.78, 5) is 0. The molecular formula is C13H9BrClN3O. The number of nitrogens with zero attached hydrogens (tertiary/aromatic N) is 3. The van der Waals surface area contributed by atoms with Crippen LogP contribution in [0.25, 0.3) is 11.3 Å². The van der Waals surface area contributed by atoms with Crippen molar-refractivity contribution in [2.24, 2.45) is 0 Å². The summed E-state index contributed by atoms with van der Waals surface area (Å²) in [5.74, 6) is 0.631. The summed E-state index contributed by atoms with van der Waals surface area (Å²) in [5.41, 5.74) is 2.10. The Morgan fingerprint density at radius 1 is 1.47 bits per heavy atom. The molecule has 1 aliphatic heterocycles. The molecule has 0 aliphatic carbocycles. The number of rotatable bonds is 0. The Labute approximate surface area is 123 Å². The number of aryl methyl sites for hydroxylation is 1. The first kappa shape index (κ1) is 12.5. The number of hydrogen-bond donors (Lipinski definition) is 0. The molecule has 0 spiro atoms. The van der Waals surface area contributed by atoms with Gasteiger partial charge in [0.05, 0.1) is 34.1 Å². The molecule has 2 heterocycles. The highest BCUT2D eigenvalue weighted by molar-refractivity contribution is 9.10. The Balaban J connectivity index is 2.35. The first-order valence-corrected chi connectivity index (χ1v) is 6.96. The molecular weight excluding hydrogens is 330 g/mol. The molecule has 19 heavy (non-hydrogen) atoms. The van der Waals surface area contributed by atoms with E-state index in [1.807, 2.05) is 4.68 Å². The highest BCUT2D eigenvalue weighted by atomic mass is 79.9. The Kier molecular flexibility index (Phi) is 3.21. The monoisotopic (exact) mass is 337 g/mol. The lowest BCUT2D eigenvalue weighted by Gasteiger charge is -2.18. The predicted molar refractivity (Wildman–Crippen MR) is 75.2 cm³/mol. The third-order valence-electron chi connectivity index (χ3n) is 2.99. The van der Waals surface area contributed by atoms with Gasteiger partial charge >= 0.3 is 0 Å². The van der Waals surface area contributed by atoms with Gasteiger partial charge in [-0.05, 0) is 28.1 Å². The SMILES string of the molecule is N#Cc1cc(Cl)cc2c1-c1c(Br)cnn1CCCO2. The van der Waals surface area contributed by atoms with Crippen molar-refractivity contribution < 1.29 is 4.74 Å². The minimum atomic E-state index is 0.492. The molecule has 3 rings (SSSR count). The largest absolute Gasteiger partial charge is 0.493 e. The lowest BCUT2D eigenvalue weighted by Crippen LogP contribution is -2.12. The molecule has 0 radical (unpaired) electrons. The van der Waals surface area contributed by atoms with Crippen molar-refractivity contribution in [1.29, 1.82) is 5.26 Å². The van der Waals surface area contributed by atoms with Crippen molar-refractivity contribution in [3.63, 3.8) is 0 Å². The maximum Gasteiger partial charge on any atom is 0.131 e. The zero-order valence-electron chi connectivity index (χ0n) is 9.86. The number of fused-ring (bicyclic) bond motifs is 3. The summed E-state index contributed by atoms with van der Waals surface area (Å²) in [6.45, 7) is 1.34. The zero-order valence-corrected chi connectivity index (χ0v) is 12.2. The molecule has 1 aliphatic rings. The Morgan fingerprint density at radius 3 is 3.11 bits per heavy atom. The van der Waals surface area contributed by atoms with Gasteiger partial charge in [0.15, 0.2) is 0 Å². The molecule has 0 bridgehead atoms. The Bertz CT molecular complexity index is 690. The van der Waals surface area contributed by atoms with Gasteiger partial charge in [-0.15, -0.1) is 0 Å². The highest BCUT2D eigenvalue weighted by Gasteiger charge is 2.22. The third-order valence-corrected chi connectivity index (χ3v) is 3.79. The molecule has 0 amide bonds. The minimum absolute atomic E-state index is 0.492. The zero-order chi connectivity index (χ0) is 13.4. The fraction of sp³-hybridized carbons (Fsp3) is 0.231. The molecule has 0 unspecified atom stereocenters. The van der Waals surface area contributed by atoms with E-state index in [9.17, 15) is 5.26 Å². The molecule has 2 aromatic rings. The van der Waals surface area contributed by atoms with Crippen LogP contribution in [0.5, 0.6) is 5.75 Å². The standard InChI is InChI=1S/C13H9BrClN3O/c14-10-7-17-18-2-1-3-19-11-5-9(15)4-8(6-16)12(11)13(10)18/h4-5,7H,1-3H2. The van der Waals surface area contributed by atoms with E-state index < -0.39 is 0 Å². The van der Waals surface area contributed by atoms with Crippen LogP contribution in [-0.4, -0.2) is 16.4 Å². The smallest absolute Gasteiger partial charge is 0.131 e. The number of halogens is 2. The topological polar surface area (TPSA) is 50.8 Å². The van der Waals surface area contributed by atoms with E-state index in [1.165, 1.54) is 0 Å². The van der Waals surface area contributed by atoms with E-state index in [0.717, 1.165) is 28.7 Å². The molecule has 0 saturated heterocycles. The van der Waals surface area contributed by atoms with Gasteiger partial charge in [-0.2, -0.15) is 10.4 Å². The van der Waals surface area contributed by atoms with E-state index in [0.29, 0.717) is 22.9 Å². The van der Waals surface area contributed by atoms with E-state index in [1.54, 1.807) is 18.3 Å². The molecule has 0 fully saturated rings. The fourth-order valence-electron chi connectivity index (χ4n) is 2.21. The number of nitriles is 1. The van der Waals surface area contributed by atoms with Gasteiger partial charge in [-0.25, -0.2) is 0 Å². The summed E-state index contributed by atoms with van der Waals surface area (Å²) in [7, 11) is 0. The van der Waals surface area contributed by atoms with E-state index in [2.05, 4.69) is 27.1 Å². The maximum absolute atomic E-state index is 9.32. The number of ether oxygens (including phenoxy) is 1. The molecule has 96 valence electrons. The van der Waals surface area contributed by atoms with Gasteiger partial charge in [0.25, 0.3) is 0 Å². The van der Waals surface area contributed by atoms with Gasteiger partial charge in [0.1, 0.15) is 11.8 Å². The van der Waals surface area contributed by atoms with Crippen LogP contribution in [0.4, 0.5) is 0 Å². The number of hydrogen-bond acceptors (Lipinski definition) is 3. The normalized spacial score (nSPS) is 13.5. The summed E-state index contributed by atoms with van der Waals surface area (Å²) in [6, 6.07) is 5.57. The first-order valence-electron chi connectivity index (χ1n) is 5.79. The quantitative estimate of drug-likeness (QED) is 0.737. The van der Waals surface area contributed by atoms with Crippen LogP contribution in [0.3, 0.4) is 0 Å². The van der Waals surface area contributed by atoms with Crippen molar-refractivity contribution in [2.75, 3.05) is 6.61 Å².